The number of rotatable bonds is 3. The Bertz CT molecular complexity index is 914. The summed E-state index contributed by atoms with van der Waals surface area (Å²) in [6.07, 6.45) is 0. The lowest BCUT2D eigenvalue weighted by atomic mass is 10.1. The Kier molecular flexibility index (Phi) is 5.54. The first-order valence-corrected chi connectivity index (χ1v) is 10.7. The van der Waals surface area contributed by atoms with Crippen LogP contribution in [0.2, 0.25) is 10.0 Å². The van der Waals surface area contributed by atoms with Gasteiger partial charge in [-0.15, -0.1) is 0 Å². The third kappa shape index (κ3) is 3.72. The smallest absolute Gasteiger partial charge is 0.243 e. The molecule has 3 rings (SSSR count). The zero-order valence-corrected chi connectivity index (χ0v) is 17.4. The van der Waals surface area contributed by atoms with E-state index in [4.69, 9.17) is 23.2 Å². The summed E-state index contributed by atoms with van der Waals surface area (Å²) < 4.78 is 27.9. The number of sulfonamides is 1. The maximum absolute atomic E-state index is 13.2. The summed E-state index contributed by atoms with van der Waals surface area (Å²) in [5.41, 5.74) is 3.50. The van der Waals surface area contributed by atoms with Crippen molar-refractivity contribution in [2.45, 2.75) is 25.7 Å². The molecule has 2 aromatic carbocycles. The van der Waals surface area contributed by atoms with Crippen molar-refractivity contribution in [2.24, 2.45) is 0 Å². The van der Waals surface area contributed by atoms with E-state index in [1.807, 2.05) is 39.0 Å². The van der Waals surface area contributed by atoms with Crippen molar-refractivity contribution in [1.29, 1.82) is 0 Å². The van der Waals surface area contributed by atoms with E-state index in [0.717, 1.165) is 22.4 Å². The lowest BCUT2D eigenvalue weighted by molar-refractivity contribution is 0.384. The predicted octanol–water partition coefficient (Wildman–Crippen LogP) is 4.43. The third-order valence-electron chi connectivity index (χ3n) is 4.69. The summed E-state index contributed by atoms with van der Waals surface area (Å²) in [7, 11) is -3.52. The summed E-state index contributed by atoms with van der Waals surface area (Å²) in [5, 5.41) is 1.24. The van der Waals surface area contributed by atoms with E-state index in [2.05, 4.69) is 4.90 Å². The van der Waals surface area contributed by atoms with Gasteiger partial charge in [-0.05, 0) is 50.1 Å². The van der Waals surface area contributed by atoms with Gasteiger partial charge >= 0.3 is 0 Å². The fourth-order valence-corrected chi connectivity index (χ4v) is 5.84. The van der Waals surface area contributed by atoms with Crippen LogP contribution in [0.4, 0.5) is 5.69 Å². The molecule has 1 heterocycles. The molecule has 7 heteroatoms. The number of benzene rings is 2. The lowest BCUT2D eigenvalue weighted by Gasteiger charge is -2.36. The molecule has 140 valence electrons. The van der Waals surface area contributed by atoms with Crippen LogP contribution in [0, 0.1) is 20.8 Å². The van der Waals surface area contributed by atoms with Gasteiger partial charge in [0.25, 0.3) is 0 Å². The maximum atomic E-state index is 13.2. The Hall–Kier alpha value is -1.27. The number of nitrogens with zero attached hydrogens (tertiary/aromatic N) is 2. The summed E-state index contributed by atoms with van der Waals surface area (Å²) in [5.74, 6) is 0. The second-order valence-electron chi connectivity index (χ2n) is 6.71. The molecular formula is C19H22Cl2N2O2S. The molecule has 1 aliphatic rings. The highest BCUT2D eigenvalue weighted by Crippen LogP contribution is 2.31. The number of anilines is 1. The van der Waals surface area contributed by atoms with Gasteiger partial charge in [0.1, 0.15) is 0 Å². The van der Waals surface area contributed by atoms with Crippen molar-refractivity contribution in [2.75, 3.05) is 31.1 Å². The van der Waals surface area contributed by atoms with Crippen LogP contribution in [0.25, 0.3) is 0 Å². The molecule has 0 radical (unpaired) electrons. The van der Waals surface area contributed by atoms with Crippen LogP contribution in [-0.2, 0) is 10.0 Å². The average Bonchev–Trinajstić information content (AvgIpc) is 2.56. The Morgan fingerprint density at radius 2 is 1.46 bits per heavy atom. The highest BCUT2D eigenvalue weighted by molar-refractivity contribution is 7.89. The van der Waals surface area contributed by atoms with Crippen LogP contribution in [0.1, 0.15) is 16.7 Å². The number of hydrogen-bond donors (Lipinski definition) is 0. The lowest BCUT2D eigenvalue weighted by Crippen LogP contribution is -2.49. The SMILES string of the molecule is Cc1cc(C)c(S(=O)(=O)N2CCN(c3cc(Cl)ccc3Cl)CC2)c(C)c1. The zero-order valence-electron chi connectivity index (χ0n) is 15.1. The molecule has 26 heavy (non-hydrogen) atoms. The Morgan fingerprint density at radius 3 is 2.04 bits per heavy atom. The van der Waals surface area contributed by atoms with Crippen LogP contribution in [-0.4, -0.2) is 38.9 Å². The Labute approximate surface area is 165 Å². The first-order valence-electron chi connectivity index (χ1n) is 8.48. The van der Waals surface area contributed by atoms with Crippen LogP contribution in [0.15, 0.2) is 35.2 Å². The van der Waals surface area contributed by atoms with E-state index in [9.17, 15) is 8.42 Å². The molecule has 4 nitrogen and oxygen atoms in total. The summed E-state index contributed by atoms with van der Waals surface area (Å²) in [4.78, 5) is 2.51. The van der Waals surface area contributed by atoms with Gasteiger partial charge in [0, 0.05) is 31.2 Å². The van der Waals surface area contributed by atoms with E-state index in [0.29, 0.717) is 41.1 Å². The summed E-state index contributed by atoms with van der Waals surface area (Å²) in [6, 6.07) is 9.17. The van der Waals surface area contributed by atoms with Crippen molar-refractivity contribution in [3.63, 3.8) is 0 Å². The molecule has 0 amide bonds. The molecule has 0 unspecified atom stereocenters. The maximum Gasteiger partial charge on any atom is 0.243 e. The summed E-state index contributed by atoms with van der Waals surface area (Å²) in [6.45, 7) is 7.66. The van der Waals surface area contributed by atoms with Gasteiger partial charge in [-0.25, -0.2) is 8.42 Å². The molecule has 0 aromatic heterocycles. The Balaban J connectivity index is 1.82. The van der Waals surface area contributed by atoms with E-state index in [1.165, 1.54) is 0 Å². The molecule has 1 saturated heterocycles. The zero-order chi connectivity index (χ0) is 19.1. The number of hydrogen-bond acceptors (Lipinski definition) is 3. The van der Waals surface area contributed by atoms with Gasteiger partial charge in [0.2, 0.25) is 10.0 Å². The number of halogens is 2. The van der Waals surface area contributed by atoms with Crippen LogP contribution in [0.5, 0.6) is 0 Å². The van der Waals surface area contributed by atoms with E-state index in [-0.39, 0.29) is 0 Å². The van der Waals surface area contributed by atoms with E-state index >= 15 is 0 Å². The molecule has 0 atom stereocenters. The largest absolute Gasteiger partial charge is 0.368 e. The summed E-state index contributed by atoms with van der Waals surface area (Å²) >= 11 is 12.3. The highest BCUT2D eigenvalue weighted by Gasteiger charge is 2.31. The van der Waals surface area contributed by atoms with Crippen molar-refractivity contribution in [3.8, 4) is 0 Å². The minimum absolute atomic E-state index is 0.415. The molecule has 2 aromatic rings. The molecule has 0 spiro atoms. The molecule has 0 aliphatic carbocycles. The first kappa shape index (κ1) is 19.5. The van der Waals surface area contributed by atoms with Crippen molar-refractivity contribution >= 4 is 38.9 Å². The molecule has 1 fully saturated rings. The van der Waals surface area contributed by atoms with Gasteiger partial charge < -0.3 is 4.90 Å². The van der Waals surface area contributed by atoms with Crippen molar-refractivity contribution in [3.05, 3.63) is 57.1 Å². The molecule has 0 bridgehead atoms. The monoisotopic (exact) mass is 412 g/mol. The topological polar surface area (TPSA) is 40.6 Å². The van der Waals surface area contributed by atoms with Crippen molar-refractivity contribution < 1.29 is 8.42 Å². The molecular weight excluding hydrogens is 391 g/mol. The van der Waals surface area contributed by atoms with Crippen LogP contribution >= 0.6 is 23.2 Å². The second-order valence-corrected chi connectivity index (χ2v) is 9.43. The van der Waals surface area contributed by atoms with Gasteiger partial charge in [-0.1, -0.05) is 40.9 Å². The highest BCUT2D eigenvalue weighted by atomic mass is 35.5. The fourth-order valence-electron chi connectivity index (χ4n) is 3.60. The number of aryl methyl sites for hydroxylation is 3. The average molecular weight is 413 g/mol. The van der Waals surface area contributed by atoms with Gasteiger partial charge in [0.15, 0.2) is 0 Å². The van der Waals surface area contributed by atoms with Gasteiger partial charge in [-0.2, -0.15) is 4.31 Å². The quantitative estimate of drug-likeness (QED) is 0.748. The Morgan fingerprint density at radius 1 is 0.885 bits per heavy atom. The van der Waals surface area contributed by atoms with E-state index < -0.39 is 10.0 Å². The van der Waals surface area contributed by atoms with Crippen molar-refractivity contribution in [1.82, 2.24) is 4.31 Å². The molecule has 0 saturated carbocycles. The first-order chi connectivity index (χ1) is 12.2. The standard InChI is InChI=1S/C19H22Cl2N2O2S/c1-13-10-14(2)19(15(3)11-13)26(24,25)23-8-6-22(7-9-23)18-12-16(20)4-5-17(18)21/h4-5,10-12H,6-9H2,1-3H3. The van der Waals surface area contributed by atoms with E-state index in [1.54, 1.807) is 16.4 Å². The van der Waals surface area contributed by atoms with Gasteiger partial charge in [0.05, 0.1) is 15.6 Å². The minimum Gasteiger partial charge on any atom is -0.368 e. The van der Waals surface area contributed by atoms with Crippen LogP contribution in [0.3, 0.4) is 0 Å². The fraction of sp³-hybridized carbons (Fsp3) is 0.368. The number of piperazine rings is 1. The normalized spacial score (nSPS) is 16.1. The molecule has 1 aliphatic heterocycles. The third-order valence-corrected chi connectivity index (χ3v) is 7.45. The van der Waals surface area contributed by atoms with Crippen LogP contribution < -0.4 is 4.90 Å². The molecule has 0 N–H and O–H groups in total. The second kappa shape index (κ2) is 7.39. The predicted molar refractivity (Wildman–Crippen MR) is 108 cm³/mol. The minimum atomic E-state index is -3.52. The van der Waals surface area contributed by atoms with Gasteiger partial charge in [-0.3, -0.25) is 0 Å².